The molecule has 0 fully saturated rings. The summed E-state index contributed by atoms with van der Waals surface area (Å²) in [7, 11) is 0. The first kappa shape index (κ1) is 13.4. The van der Waals surface area contributed by atoms with Gasteiger partial charge in [-0.25, -0.2) is 0 Å². The Morgan fingerprint density at radius 3 is 3.20 bits per heavy atom. The number of nitrogens with one attached hydrogen (secondary N) is 1. The maximum absolute atomic E-state index is 5.52. The van der Waals surface area contributed by atoms with Gasteiger partial charge in [-0.3, -0.25) is 0 Å². The highest BCUT2D eigenvalue weighted by Crippen LogP contribution is 2.26. The molecule has 0 spiro atoms. The number of aromatic nitrogens is 2. The third-order valence-corrected chi connectivity index (χ3v) is 4.35. The molecule has 0 bridgehead atoms. The second-order valence-electron chi connectivity index (χ2n) is 5.00. The molecule has 1 aromatic carbocycles. The molecule has 2 heterocycles. The van der Waals surface area contributed by atoms with Crippen LogP contribution < -0.4 is 10.1 Å². The lowest BCUT2D eigenvalue weighted by Crippen LogP contribution is -1.99. The summed E-state index contributed by atoms with van der Waals surface area (Å²) in [6.45, 7) is 3.79. The maximum atomic E-state index is 5.52. The summed E-state index contributed by atoms with van der Waals surface area (Å²) in [6.07, 6.45) is 4.42. The summed E-state index contributed by atoms with van der Waals surface area (Å²) in [5.41, 5.74) is 2.57. The monoisotopic (exact) mass is 289 g/mol. The molecule has 0 radical (unpaired) electrons. The zero-order chi connectivity index (χ0) is 13.8. The van der Waals surface area contributed by atoms with Gasteiger partial charge in [0.05, 0.1) is 6.61 Å². The van der Waals surface area contributed by atoms with Crippen molar-refractivity contribution in [2.24, 2.45) is 0 Å². The van der Waals surface area contributed by atoms with Crippen LogP contribution in [0.25, 0.3) is 0 Å². The van der Waals surface area contributed by atoms with E-state index in [1.165, 1.54) is 24.0 Å². The van der Waals surface area contributed by atoms with Crippen LogP contribution in [0.5, 0.6) is 5.75 Å². The molecule has 1 N–H and O–H groups in total. The van der Waals surface area contributed by atoms with Crippen LogP contribution in [-0.4, -0.2) is 16.8 Å². The predicted molar refractivity (Wildman–Crippen MR) is 81.5 cm³/mol. The highest BCUT2D eigenvalue weighted by molar-refractivity contribution is 7.15. The Bertz CT molecular complexity index is 582. The van der Waals surface area contributed by atoms with Crippen molar-refractivity contribution < 1.29 is 4.74 Å². The number of nitrogens with zero attached hydrogens (tertiary/aromatic N) is 2. The molecule has 1 aliphatic rings. The van der Waals surface area contributed by atoms with Crippen molar-refractivity contribution in [2.45, 2.75) is 39.2 Å². The summed E-state index contributed by atoms with van der Waals surface area (Å²) >= 11 is 1.66. The Balaban J connectivity index is 1.57. The van der Waals surface area contributed by atoms with Gasteiger partial charge in [0.1, 0.15) is 10.8 Å². The molecule has 0 unspecified atom stereocenters. The molecule has 1 aliphatic heterocycles. The van der Waals surface area contributed by atoms with Crippen molar-refractivity contribution in [3.8, 4) is 5.75 Å². The fourth-order valence-electron chi connectivity index (χ4n) is 2.28. The molecule has 0 amide bonds. The van der Waals surface area contributed by atoms with Crippen LogP contribution >= 0.6 is 11.3 Å². The number of rotatable bonds is 6. The van der Waals surface area contributed by atoms with E-state index in [-0.39, 0.29) is 0 Å². The minimum absolute atomic E-state index is 0.787. The quantitative estimate of drug-likeness (QED) is 0.885. The standard InChI is InChI=1S/C15H19N3OS/c1-2-3-4-14-17-18-15(20-14)16-10-11-5-6-13-12(9-11)7-8-19-13/h5-6,9H,2-4,7-8,10H2,1H3,(H,16,18). The number of benzene rings is 1. The van der Waals surface area contributed by atoms with E-state index < -0.39 is 0 Å². The first-order chi connectivity index (χ1) is 9.85. The number of hydrogen-bond donors (Lipinski definition) is 1. The van der Waals surface area contributed by atoms with Gasteiger partial charge >= 0.3 is 0 Å². The fraction of sp³-hybridized carbons (Fsp3) is 0.467. The van der Waals surface area contributed by atoms with Gasteiger partial charge in [0.15, 0.2) is 0 Å². The molecule has 106 valence electrons. The maximum Gasteiger partial charge on any atom is 0.205 e. The van der Waals surface area contributed by atoms with Gasteiger partial charge in [-0.2, -0.15) is 0 Å². The van der Waals surface area contributed by atoms with E-state index in [0.29, 0.717) is 0 Å². The van der Waals surface area contributed by atoms with E-state index in [0.717, 1.165) is 41.9 Å². The van der Waals surface area contributed by atoms with Crippen molar-refractivity contribution in [3.63, 3.8) is 0 Å². The Hall–Kier alpha value is -1.62. The van der Waals surface area contributed by atoms with E-state index in [1.807, 2.05) is 0 Å². The molecular weight excluding hydrogens is 270 g/mol. The number of anilines is 1. The first-order valence-electron chi connectivity index (χ1n) is 7.16. The van der Waals surface area contributed by atoms with Crippen molar-refractivity contribution >= 4 is 16.5 Å². The molecular formula is C15H19N3OS. The van der Waals surface area contributed by atoms with Crippen LogP contribution in [0.3, 0.4) is 0 Å². The zero-order valence-corrected chi connectivity index (χ0v) is 12.5. The number of fused-ring (bicyclic) bond motifs is 1. The van der Waals surface area contributed by atoms with Gasteiger partial charge in [-0.1, -0.05) is 36.8 Å². The van der Waals surface area contributed by atoms with Crippen LogP contribution in [0.4, 0.5) is 5.13 Å². The molecule has 0 atom stereocenters. The van der Waals surface area contributed by atoms with Crippen LogP contribution in [0.2, 0.25) is 0 Å². The number of ether oxygens (including phenoxy) is 1. The van der Waals surface area contributed by atoms with E-state index in [4.69, 9.17) is 4.74 Å². The Kier molecular flexibility index (Phi) is 4.16. The van der Waals surface area contributed by atoms with E-state index in [9.17, 15) is 0 Å². The summed E-state index contributed by atoms with van der Waals surface area (Å²) in [6, 6.07) is 6.39. The Morgan fingerprint density at radius 2 is 2.30 bits per heavy atom. The number of hydrogen-bond acceptors (Lipinski definition) is 5. The zero-order valence-electron chi connectivity index (χ0n) is 11.7. The van der Waals surface area contributed by atoms with Gasteiger partial charge in [-0.05, 0) is 23.6 Å². The molecule has 0 aliphatic carbocycles. The molecule has 0 saturated heterocycles. The molecule has 1 aromatic heterocycles. The number of unbranched alkanes of at least 4 members (excludes halogenated alkanes) is 1. The van der Waals surface area contributed by atoms with Crippen LogP contribution in [0, 0.1) is 0 Å². The minimum Gasteiger partial charge on any atom is -0.493 e. The van der Waals surface area contributed by atoms with Gasteiger partial charge in [0.2, 0.25) is 5.13 Å². The van der Waals surface area contributed by atoms with Crippen LogP contribution in [-0.2, 0) is 19.4 Å². The second kappa shape index (κ2) is 6.22. The van der Waals surface area contributed by atoms with E-state index in [1.54, 1.807) is 11.3 Å². The lowest BCUT2D eigenvalue weighted by atomic mass is 10.1. The lowest BCUT2D eigenvalue weighted by molar-refractivity contribution is 0.357. The SMILES string of the molecule is CCCCc1nnc(NCc2ccc3c(c2)CCO3)s1. The first-order valence-corrected chi connectivity index (χ1v) is 7.97. The average molecular weight is 289 g/mol. The van der Waals surface area contributed by atoms with Crippen molar-refractivity contribution in [1.29, 1.82) is 0 Å². The molecule has 20 heavy (non-hydrogen) atoms. The summed E-state index contributed by atoms with van der Waals surface area (Å²) in [4.78, 5) is 0. The lowest BCUT2D eigenvalue weighted by Gasteiger charge is -2.04. The van der Waals surface area contributed by atoms with Crippen molar-refractivity contribution in [1.82, 2.24) is 10.2 Å². The normalized spacial score (nSPS) is 13.1. The fourth-order valence-corrected chi connectivity index (χ4v) is 3.06. The predicted octanol–water partition coefficient (Wildman–Crippen LogP) is 3.43. The largest absolute Gasteiger partial charge is 0.493 e. The molecule has 2 aromatic rings. The number of aryl methyl sites for hydroxylation is 1. The second-order valence-corrected chi connectivity index (χ2v) is 6.06. The van der Waals surface area contributed by atoms with Gasteiger partial charge in [0, 0.05) is 19.4 Å². The average Bonchev–Trinajstić information content (AvgIpc) is 3.11. The molecule has 0 saturated carbocycles. The Labute approximate surface area is 123 Å². The van der Waals surface area contributed by atoms with Crippen molar-refractivity contribution in [2.75, 3.05) is 11.9 Å². The molecule has 5 heteroatoms. The van der Waals surface area contributed by atoms with E-state index in [2.05, 4.69) is 40.6 Å². The van der Waals surface area contributed by atoms with Crippen molar-refractivity contribution in [3.05, 3.63) is 34.3 Å². The highest BCUT2D eigenvalue weighted by Gasteiger charge is 2.12. The summed E-state index contributed by atoms with van der Waals surface area (Å²) < 4.78 is 5.52. The van der Waals surface area contributed by atoms with Gasteiger partial charge < -0.3 is 10.1 Å². The minimum atomic E-state index is 0.787. The highest BCUT2D eigenvalue weighted by atomic mass is 32.1. The Morgan fingerprint density at radius 1 is 1.35 bits per heavy atom. The third-order valence-electron chi connectivity index (χ3n) is 3.41. The topological polar surface area (TPSA) is 47.0 Å². The molecule has 3 rings (SSSR count). The molecule has 4 nitrogen and oxygen atoms in total. The van der Waals surface area contributed by atoms with Gasteiger partial charge in [0.25, 0.3) is 0 Å². The van der Waals surface area contributed by atoms with Crippen LogP contribution in [0.1, 0.15) is 35.9 Å². The van der Waals surface area contributed by atoms with Gasteiger partial charge in [-0.15, -0.1) is 10.2 Å². The van der Waals surface area contributed by atoms with Crippen LogP contribution in [0.15, 0.2) is 18.2 Å². The smallest absolute Gasteiger partial charge is 0.205 e. The third kappa shape index (κ3) is 3.10. The van der Waals surface area contributed by atoms with E-state index >= 15 is 0 Å². The summed E-state index contributed by atoms with van der Waals surface area (Å²) in [5.74, 6) is 1.03. The summed E-state index contributed by atoms with van der Waals surface area (Å²) in [5, 5.41) is 13.8.